The zero-order chi connectivity index (χ0) is 18.1. The molecule has 0 aliphatic rings. The van der Waals surface area contributed by atoms with Crippen LogP contribution in [0.4, 0.5) is 10.1 Å². The molecule has 142 valence electrons. The molecule has 0 spiro atoms. The molecule has 26 heavy (non-hydrogen) atoms. The Balaban J connectivity index is 0.00000338. The SMILES string of the molecule is CCNC(=NCc1cccc(N(C)C)c1)NCCc1ccccc1F.I. The molecule has 0 aliphatic heterocycles. The van der Waals surface area contributed by atoms with Crippen molar-refractivity contribution in [3.05, 3.63) is 65.5 Å². The molecular weight excluding hydrogens is 442 g/mol. The summed E-state index contributed by atoms with van der Waals surface area (Å²) < 4.78 is 13.7. The van der Waals surface area contributed by atoms with Crippen LogP contribution in [0.3, 0.4) is 0 Å². The Labute approximate surface area is 172 Å². The molecule has 0 radical (unpaired) electrons. The number of nitrogens with one attached hydrogen (secondary N) is 2. The number of aliphatic imine (C=N–C) groups is 1. The van der Waals surface area contributed by atoms with Crippen LogP contribution in [0, 0.1) is 5.82 Å². The van der Waals surface area contributed by atoms with E-state index in [1.165, 1.54) is 6.07 Å². The van der Waals surface area contributed by atoms with Crippen LogP contribution in [0.5, 0.6) is 0 Å². The van der Waals surface area contributed by atoms with Crippen LogP contribution in [0.2, 0.25) is 0 Å². The van der Waals surface area contributed by atoms with Crippen molar-refractivity contribution in [1.82, 2.24) is 10.6 Å². The first-order chi connectivity index (χ1) is 12.1. The lowest BCUT2D eigenvalue weighted by Crippen LogP contribution is -2.38. The summed E-state index contributed by atoms with van der Waals surface area (Å²) >= 11 is 0. The smallest absolute Gasteiger partial charge is 0.191 e. The first-order valence-corrected chi connectivity index (χ1v) is 8.62. The van der Waals surface area contributed by atoms with Crippen LogP contribution >= 0.6 is 24.0 Å². The minimum Gasteiger partial charge on any atom is -0.378 e. The van der Waals surface area contributed by atoms with Gasteiger partial charge in [-0.05, 0) is 42.7 Å². The highest BCUT2D eigenvalue weighted by Gasteiger charge is 2.02. The molecule has 6 heteroatoms. The van der Waals surface area contributed by atoms with E-state index in [1.807, 2.05) is 39.2 Å². The predicted octanol–water partition coefficient (Wildman–Crippen LogP) is 3.81. The van der Waals surface area contributed by atoms with Crippen LogP contribution in [0.1, 0.15) is 18.1 Å². The van der Waals surface area contributed by atoms with Crippen molar-refractivity contribution in [1.29, 1.82) is 0 Å². The number of guanidine groups is 1. The first-order valence-electron chi connectivity index (χ1n) is 8.62. The monoisotopic (exact) mass is 470 g/mol. The van der Waals surface area contributed by atoms with Crippen molar-refractivity contribution in [2.75, 3.05) is 32.1 Å². The van der Waals surface area contributed by atoms with Crippen LogP contribution in [-0.4, -0.2) is 33.1 Å². The summed E-state index contributed by atoms with van der Waals surface area (Å²) in [5.74, 6) is 0.584. The Morgan fingerprint density at radius 2 is 1.85 bits per heavy atom. The number of anilines is 1. The molecule has 0 heterocycles. The summed E-state index contributed by atoms with van der Waals surface area (Å²) in [4.78, 5) is 6.69. The molecule has 0 atom stereocenters. The summed E-state index contributed by atoms with van der Waals surface area (Å²) in [6.45, 7) is 4.03. The molecule has 0 amide bonds. The van der Waals surface area contributed by atoms with E-state index in [0.29, 0.717) is 25.1 Å². The molecule has 2 aromatic rings. The normalized spacial score (nSPS) is 10.8. The number of rotatable bonds is 7. The van der Waals surface area contributed by atoms with Gasteiger partial charge in [0.25, 0.3) is 0 Å². The van der Waals surface area contributed by atoms with Gasteiger partial charge in [-0.2, -0.15) is 0 Å². The predicted molar refractivity (Wildman–Crippen MR) is 119 cm³/mol. The molecule has 0 fully saturated rings. The third kappa shape index (κ3) is 7.19. The van der Waals surface area contributed by atoms with Crippen LogP contribution in [-0.2, 0) is 13.0 Å². The highest BCUT2D eigenvalue weighted by molar-refractivity contribution is 14.0. The van der Waals surface area contributed by atoms with Crippen molar-refractivity contribution in [3.8, 4) is 0 Å². The van der Waals surface area contributed by atoms with Crippen molar-refractivity contribution in [2.45, 2.75) is 19.9 Å². The Bertz CT molecular complexity index is 704. The highest BCUT2D eigenvalue weighted by atomic mass is 127. The van der Waals surface area contributed by atoms with Gasteiger partial charge in [0, 0.05) is 32.9 Å². The second-order valence-electron chi connectivity index (χ2n) is 6.03. The minimum atomic E-state index is -0.160. The fourth-order valence-electron chi connectivity index (χ4n) is 2.46. The van der Waals surface area contributed by atoms with E-state index in [9.17, 15) is 4.39 Å². The molecule has 4 nitrogen and oxygen atoms in total. The molecular formula is C20H28FIN4. The van der Waals surface area contributed by atoms with Gasteiger partial charge in [-0.1, -0.05) is 30.3 Å². The maximum absolute atomic E-state index is 13.7. The molecule has 2 rings (SSSR count). The molecule has 0 aromatic heterocycles. The van der Waals surface area contributed by atoms with Gasteiger partial charge in [0.05, 0.1) is 6.54 Å². The van der Waals surface area contributed by atoms with E-state index in [4.69, 9.17) is 0 Å². The van der Waals surface area contributed by atoms with Crippen molar-refractivity contribution < 1.29 is 4.39 Å². The molecule has 0 unspecified atom stereocenters. The summed E-state index contributed by atoms with van der Waals surface area (Å²) in [6.07, 6.45) is 0.618. The lowest BCUT2D eigenvalue weighted by atomic mass is 10.1. The summed E-state index contributed by atoms with van der Waals surface area (Å²) in [7, 11) is 4.05. The summed E-state index contributed by atoms with van der Waals surface area (Å²) in [5, 5.41) is 6.49. The van der Waals surface area contributed by atoms with Crippen molar-refractivity contribution in [3.63, 3.8) is 0 Å². The van der Waals surface area contributed by atoms with E-state index in [-0.39, 0.29) is 29.8 Å². The van der Waals surface area contributed by atoms with Crippen LogP contribution in [0.25, 0.3) is 0 Å². The van der Waals surface area contributed by atoms with Crippen molar-refractivity contribution in [2.24, 2.45) is 4.99 Å². The lowest BCUT2D eigenvalue weighted by Gasteiger charge is -2.14. The van der Waals surface area contributed by atoms with E-state index >= 15 is 0 Å². The first kappa shape index (κ1) is 22.2. The van der Waals surface area contributed by atoms with Gasteiger partial charge >= 0.3 is 0 Å². The average Bonchev–Trinajstić information content (AvgIpc) is 2.61. The zero-order valence-corrected chi connectivity index (χ0v) is 18.0. The Morgan fingerprint density at radius 1 is 1.08 bits per heavy atom. The molecule has 0 saturated carbocycles. The van der Waals surface area contributed by atoms with Gasteiger partial charge in [0.15, 0.2) is 5.96 Å². The van der Waals surface area contributed by atoms with Gasteiger partial charge in [-0.15, -0.1) is 24.0 Å². The maximum atomic E-state index is 13.7. The quantitative estimate of drug-likeness (QED) is 0.368. The van der Waals surface area contributed by atoms with E-state index in [0.717, 1.165) is 23.8 Å². The largest absolute Gasteiger partial charge is 0.378 e. The number of hydrogen-bond acceptors (Lipinski definition) is 2. The van der Waals surface area contributed by atoms with Crippen LogP contribution < -0.4 is 15.5 Å². The number of halogens is 2. The van der Waals surface area contributed by atoms with Gasteiger partial charge in [0.2, 0.25) is 0 Å². The molecule has 2 N–H and O–H groups in total. The Morgan fingerprint density at radius 3 is 2.54 bits per heavy atom. The number of benzene rings is 2. The minimum absolute atomic E-state index is 0. The van der Waals surface area contributed by atoms with E-state index in [2.05, 4.69) is 38.7 Å². The third-order valence-corrected chi connectivity index (χ3v) is 3.84. The lowest BCUT2D eigenvalue weighted by molar-refractivity contribution is 0.606. The van der Waals surface area contributed by atoms with Gasteiger partial charge in [-0.3, -0.25) is 0 Å². The molecule has 0 bridgehead atoms. The number of nitrogens with zero attached hydrogens (tertiary/aromatic N) is 2. The number of hydrogen-bond donors (Lipinski definition) is 2. The highest BCUT2D eigenvalue weighted by Crippen LogP contribution is 2.14. The van der Waals surface area contributed by atoms with E-state index in [1.54, 1.807) is 6.07 Å². The fourth-order valence-corrected chi connectivity index (χ4v) is 2.46. The molecule has 2 aromatic carbocycles. The average molecular weight is 470 g/mol. The van der Waals surface area contributed by atoms with Gasteiger partial charge in [-0.25, -0.2) is 9.38 Å². The fraction of sp³-hybridized carbons (Fsp3) is 0.350. The van der Waals surface area contributed by atoms with Crippen LogP contribution in [0.15, 0.2) is 53.5 Å². The second kappa shape index (κ2) is 11.7. The Kier molecular flexibility index (Phi) is 10.0. The van der Waals surface area contributed by atoms with Gasteiger partial charge in [0.1, 0.15) is 5.82 Å². The summed E-state index contributed by atoms with van der Waals surface area (Å²) in [6, 6.07) is 15.2. The standard InChI is InChI=1S/C20H27FN4.HI/c1-4-22-20(23-13-12-17-9-5-6-11-19(17)21)24-15-16-8-7-10-18(14-16)25(2)3;/h5-11,14H,4,12-13,15H2,1-3H3,(H2,22,23,24);1H. The van der Waals surface area contributed by atoms with Crippen molar-refractivity contribution >= 4 is 35.6 Å². The summed E-state index contributed by atoms with van der Waals surface area (Å²) in [5.41, 5.74) is 3.02. The topological polar surface area (TPSA) is 39.7 Å². The molecule has 0 aliphatic carbocycles. The third-order valence-electron chi connectivity index (χ3n) is 3.84. The maximum Gasteiger partial charge on any atom is 0.191 e. The van der Waals surface area contributed by atoms with E-state index < -0.39 is 0 Å². The van der Waals surface area contributed by atoms with Gasteiger partial charge < -0.3 is 15.5 Å². The zero-order valence-electron chi connectivity index (χ0n) is 15.6. The Hall–Kier alpha value is -1.83. The second-order valence-corrected chi connectivity index (χ2v) is 6.03. The molecule has 0 saturated heterocycles.